The number of hydrogen-bond acceptors (Lipinski definition) is 3. The molecule has 1 rings (SSSR count). The molecule has 6 heteroatoms. The highest BCUT2D eigenvalue weighted by molar-refractivity contribution is 9.12. The minimum atomic E-state index is 0.286. The number of aryl methyl sites for hydroxylation is 1. The summed E-state index contributed by atoms with van der Waals surface area (Å²) in [5.41, 5.74) is 6.56. The van der Waals surface area contributed by atoms with Gasteiger partial charge in [0.1, 0.15) is 16.8 Å². The predicted octanol–water partition coefficient (Wildman–Crippen LogP) is 2.72. The highest BCUT2D eigenvalue weighted by atomic mass is 79.9. The van der Waals surface area contributed by atoms with Crippen LogP contribution in [0.25, 0.3) is 0 Å². The highest BCUT2D eigenvalue weighted by Crippen LogP contribution is 2.23. The lowest BCUT2D eigenvalue weighted by atomic mass is 10.2. The number of nitrogen functional groups attached to an aromatic ring is 1. The van der Waals surface area contributed by atoms with Gasteiger partial charge in [0.15, 0.2) is 0 Å². The fraction of sp³-hybridized carbons (Fsp3) is 0.500. The largest absolute Gasteiger partial charge is 0.383 e. The quantitative estimate of drug-likeness (QED) is 0.678. The molecule has 0 radical (unpaired) electrons. The molecule has 1 heterocycles. The third-order valence-electron chi connectivity index (χ3n) is 1.69. The van der Waals surface area contributed by atoms with Gasteiger partial charge in [-0.2, -0.15) is 0 Å². The van der Waals surface area contributed by atoms with Crippen LogP contribution in [0, 0.1) is 6.92 Å². The summed E-state index contributed by atoms with van der Waals surface area (Å²) in [5.74, 6) is 1.06. The third-order valence-corrected chi connectivity index (χ3v) is 4.30. The fourth-order valence-corrected chi connectivity index (χ4v) is 1.90. The Morgan fingerprint density at radius 3 is 2.64 bits per heavy atom. The summed E-state index contributed by atoms with van der Waals surface area (Å²) in [6.45, 7) is 1.77. The van der Waals surface area contributed by atoms with Crippen LogP contribution in [0.3, 0.4) is 0 Å². The molecule has 14 heavy (non-hydrogen) atoms. The molecule has 0 aliphatic rings. The smallest absolute Gasteiger partial charge is 0.138 e. The van der Waals surface area contributed by atoms with E-state index in [0.717, 1.165) is 17.3 Å². The predicted molar refractivity (Wildman–Crippen MR) is 66.4 cm³/mol. The number of halogens is 3. The molecule has 0 aliphatic heterocycles. The molecule has 0 bridgehead atoms. The van der Waals surface area contributed by atoms with Crippen molar-refractivity contribution >= 4 is 49.3 Å². The molecule has 0 aliphatic carbocycles. The van der Waals surface area contributed by atoms with Gasteiger partial charge in [-0.1, -0.05) is 43.5 Å². The van der Waals surface area contributed by atoms with Crippen LogP contribution in [0.4, 0.5) is 5.82 Å². The zero-order valence-corrected chi connectivity index (χ0v) is 11.5. The first-order valence-corrected chi connectivity index (χ1v) is 6.44. The average molecular weight is 343 g/mol. The van der Waals surface area contributed by atoms with Crippen molar-refractivity contribution in [3.8, 4) is 0 Å². The van der Waals surface area contributed by atoms with Crippen LogP contribution in [0.5, 0.6) is 0 Å². The standard InChI is InChI=1S/C8H10Br2ClN3/c1-4-13-7(11)6(8(12)14-4)2-5(10)3-9/h5H,2-3H2,1H3,(H2,12,13,14)/t5-/m0/s1. The van der Waals surface area contributed by atoms with E-state index in [-0.39, 0.29) is 4.83 Å². The summed E-state index contributed by atoms with van der Waals surface area (Å²) in [4.78, 5) is 8.41. The Hall–Kier alpha value is 0.130. The Morgan fingerprint density at radius 1 is 1.50 bits per heavy atom. The Morgan fingerprint density at radius 2 is 2.14 bits per heavy atom. The number of nitrogens with zero attached hydrogens (tertiary/aromatic N) is 2. The Kier molecular flexibility index (Phi) is 4.60. The number of nitrogens with two attached hydrogens (primary N) is 1. The molecular weight excluding hydrogens is 333 g/mol. The van der Waals surface area contributed by atoms with E-state index in [1.807, 2.05) is 0 Å². The van der Waals surface area contributed by atoms with Crippen LogP contribution in [-0.2, 0) is 6.42 Å². The van der Waals surface area contributed by atoms with Crippen LogP contribution in [0.2, 0.25) is 5.15 Å². The molecule has 0 spiro atoms. The van der Waals surface area contributed by atoms with Crippen LogP contribution in [-0.4, -0.2) is 20.1 Å². The molecular formula is C8H10Br2ClN3. The lowest BCUT2D eigenvalue weighted by Gasteiger charge is -2.10. The molecule has 0 aromatic carbocycles. The maximum absolute atomic E-state index is 5.97. The molecule has 0 saturated carbocycles. The molecule has 1 aromatic rings. The van der Waals surface area contributed by atoms with E-state index in [9.17, 15) is 0 Å². The van der Waals surface area contributed by atoms with Crippen molar-refractivity contribution in [1.29, 1.82) is 0 Å². The second kappa shape index (κ2) is 5.28. The Bertz CT molecular complexity index is 309. The van der Waals surface area contributed by atoms with Crippen molar-refractivity contribution in [3.63, 3.8) is 0 Å². The van der Waals surface area contributed by atoms with Crippen LogP contribution in [0.15, 0.2) is 0 Å². The zero-order chi connectivity index (χ0) is 10.7. The topological polar surface area (TPSA) is 51.8 Å². The van der Waals surface area contributed by atoms with Gasteiger partial charge in [-0.15, -0.1) is 0 Å². The maximum atomic E-state index is 5.97. The molecule has 0 saturated heterocycles. The van der Waals surface area contributed by atoms with E-state index in [2.05, 4.69) is 41.8 Å². The minimum absolute atomic E-state index is 0.286. The summed E-state index contributed by atoms with van der Waals surface area (Å²) in [5, 5.41) is 1.27. The Labute approximate surface area is 105 Å². The maximum Gasteiger partial charge on any atom is 0.138 e. The van der Waals surface area contributed by atoms with Crippen molar-refractivity contribution in [2.24, 2.45) is 0 Å². The van der Waals surface area contributed by atoms with Gasteiger partial charge in [0, 0.05) is 15.7 Å². The minimum Gasteiger partial charge on any atom is -0.383 e. The van der Waals surface area contributed by atoms with Crippen molar-refractivity contribution in [2.45, 2.75) is 18.2 Å². The van der Waals surface area contributed by atoms with Gasteiger partial charge in [-0.25, -0.2) is 9.97 Å². The SMILES string of the molecule is Cc1nc(N)c(C[C@H](Br)CBr)c(Cl)n1. The Balaban J connectivity index is 2.96. The molecule has 0 amide bonds. The number of hydrogen-bond donors (Lipinski definition) is 1. The van der Waals surface area contributed by atoms with E-state index < -0.39 is 0 Å². The van der Waals surface area contributed by atoms with Crippen molar-refractivity contribution in [1.82, 2.24) is 9.97 Å². The zero-order valence-electron chi connectivity index (χ0n) is 7.60. The van der Waals surface area contributed by atoms with Gasteiger partial charge < -0.3 is 5.73 Å². The summed E-state index contributed by atoms with van der Waals surface area (Å²) in [7, 11) is 0. The first-order chi connectivity index (χ1) is 6.54. The first-order valence-electron chi connectivity index (χ1n) is 4.03. The summed E-state index contributed by atoms with van der Waals surface area (Å²) in [6.07, 6.45) is 0.718. The van der Waals surface area contributed by atoms with E-state index in [4.69, 9.17) is 17.3 Å². The van der Waals surface area contributed by atoms with Crippen LogP contribution >= 0.6 is 43.5 Å². The average Bonchev–Trinajstić information content (AvgIpc) is 2.10. The number of aromatic nitrogens is 2. The van der Waals surface area contributed by atoms with Gasteiger partial charge in [0.05, 0.1) is 0 Å². The lowest BCUT2D eigenvalue weighted by molar-refractivity contribution is 0.935. The molecule has 1 aromatic heterocycles. The van der Waals surface area contributed by atoms with Crippen molar-refractivity contribution in [2.75, 3.05) is 11.1 Å². The summed E-state index contributed by atoms with van der Waals surface area (Å²) >= 11 is 12.8. The molecule has 0 fully saturated rings. The van der Waals surface area contributed by atoms with E-state index in [0.29, 0.717) is 16.8 Å². The number of rotatable bonds is 3. The van der Waals surface area contributed by atoms with Gasteiger partial charge in [-0.05, 0) is 13.3 Å². The van der Waals surface area contributed by atoms with Gasteiger partial charge in [0.2, 0.25) is 0 Å². The van der Waals surface area contributed by atoms with E-state index in [1.54, 1.807) is 6.92 Å². The summed E-state index contributed by atoms with van der Waals surface area (Å²) < 4.78 is 0. The molecule has 3 nitrogen and oxygen atoms in total. The molecule has 78 valence electrons. The second-order valence-corrected chi connectivity index (χ2v) is 5.18. The van der Waals surface area contributed by atoms with E-state index in [1.165, 1.54) is 0 Å². The molecule has 2 N–H and O–H groups in total. The first kappa shape index (κ1) is 12.2. The molecule has 0 unspecified atom stereocenters. The van der Waals surface area contributed by atoms with Gasteiger partial charge in [0.25, 0.3) is 0 Å². The second-order valence-electron chi connectivity index (χ2n) is 2.88. The van der Waals surface area contributed by atoms with Gasteiger partial charge >= 0.3 is 0 Å². The third kappa shape index (κ3) is 3.07. The lowest BCUT2D eigenvalue weighted by Crippen LogP contribution is -2.10. The van der Waals surface area contributed by atoms with E-state index >= 15 is 0 Å². The summed E-state index contributed by atoms with van der Waals surface area (Å²) in [6, 6.07) is 0. The highest BCUT2D eigenvalue weighted by Gasteiger charge is 2.13. The number of alkyl halides is 2. The fourth-order valence-electron chi connectivity index (χ4n) is 1.05. The number of anilines is 1. The van der Waals surface area contributed by atoms with Crippen molar-refractivity contribution in [3.05, 3.63) is 16.5 Å². The normalized spacial score (nSPS) is 12.9. The van der Waals surface area contributed by atoms with Crippen LogP contribution in [0.1, 0.15) is 11.4 Å². The van der Waals surface area contributed by atoms with Gasteiger partial charge in [-0.3, -0.25) is 0 Å². The van der Waals surface area contributed by atoms with Crippen molar-refractivity contribution < 1.29 is 0 Å². The monoisotopic (exact) mass is 341 g/mol. The molecule has 1 atom stereocenters. The van der Waals surface area contributed by atoms with Crippen LogP contribution < -0.4 is 5.73 Å².